The van der Waals surface area contributed by atoms with Gasteiger partial charge in [-0.2, -0.15) is 0 Å². The highest BCUT2D eigenvalue weighted by molar-refractivity contribution is 6.05. The standard InChI is InChI=1S/C32H44O6/c1-5-9-14-24(7-3)21-36-30(33)27-18-19-28(31(34)38-23-26-16-12-11-13-17-26)29(20-27)32(35)37-22-25(8-4)15-10-6-2/h11-13,16-20,24-25H,5-10,14-15,21-23H2,1-4H3/i1D3,2D3,3D3,4D3,5D2,6D2,7D2,8D2,9D2,10D2,14D2,15D2,21D2,22D2,24D,25D. The smallest absolute Gasteiger partial charge is 0.339 e. The molecule has 2 unspecified atom stereocenters. The lowest BCUT2D eigenvalue weighted by Gasteiger charge is -2.17. The van der Waals surface area contributed by atoms with Crippen molar-refractivity contribution >= 4 is 17.9 Å². The van der Waals surface area contributed by atoms with Crippen molar-refractivity contribution in [3.63, 3.8) is 0 Å². The number of benzene rings is 2. The molecule has 0 amide bonds. The fourth-order valence-electron chi connectivity index (χ4n) is 2.48. The lowest BCUT2D eigenvalue weighted by molar-refractivity contribution is 0.0395. The second-order valence-corrected chi connectivity index (χ2v) is 6.56. The maximum Gasteiger partial charge on any atom is 0.339 e. The summed E-state index contributed by atoms with van der Waals surface area (Å²) in [5, 5.41) is 0. The number of rotatable bonds is 17. The maximum absolute atomic E-state index is 14.2. The van der Waals surface area contributed by atoms with Crippen LogP contribution in [0.1, 0.15) is 162 Å². The molecule has 0 N–H and O–H groups in total. The Balaban J connectivity index is 3.10. The van der Waals surface area contributed by atoms with E-state index in [4.69, 9.17) is 51.3 Å². The molecular formula is C32H44O6. The summed E-state index contributed by atoms with van der Waals surface area (Å²) in [7, 11) is 0. The number of ether oxygens (including phenoxy) is 3. The summed E-state index contributed by atoms with van der Waals surface area (Å²) in [4.78, 5) is 41.5. The second-order valence-electron chi connectivity index (χ2n) is 6.56. The lowest BCUT2D eigenvalue weighted by atomic mass is 10.00. The van der Waals surface area contributed by atoms with E-state index in [2.05, 4.69) is 9.47 Å². The molecule has 0 aromatic heterocycles. The van der Waals surface area contributed by atoms with Gasteiger partial charge in [0, 0.05) is 41.1 Å². The highest BCUT2D eigenvalue weighted by Gasteiger charge is 2.24. The summed E-state index contributed by atoms with van der Waals surface area (Å²) in [5.74, 6) is -16.9. The van der Waals surface area contributed by atoms with E-state index in [0.29, 0.717) is 12.1 Å². The van der Waals surface area contributed by atoms with Gasteiger partial charge in [0.25, 0.3) is 0 Å². The molecule has 0 aliphatic heterocycles. The Morgan fingerprint density at radius 1 is 0.763 bits per heavy atom. The molecule has 2 atom stereocenters. The summed E-state index contributed by atoms with van der Waals surface area (Å²) in [6.07, 6.45) is -38.6. The van der Waals surface area contributed by atoms with E-state index in [1.54, 1.807) is 0 Å². The van der Waals surface area contributed by atoms with Crippen LogP contribution in [0.4, 0.5) is 0 Å². The maximum atomic E-state index is 14.2. The van der Waals surface area contributed by atoms with Crippen LogP contribution in [-0.4, -0.2) is 31.0 Å². The van der Waals surface area contributed by atoms with Crippen molar-refractivity contribution in [2.75, 3.05) is 13.1 Å². The first-order valence-electron chi connectivity index (χ1n) is 27.2. The first-order chi connectivity index (χ1) is 31.4. The SMILES string of the molecule is [2H]C([2H])([2H])C([2H])([2H])C([2H])([2H])C([2H])([2H])C([2H])(C([2H])([2H])OC(=O)c1ccc(C(=O)OCc2ccccc2)c(C(=O)OC([2H])([2H])C([2H])(C([2H])([2H])C([2H])([2H])[2H])C([2H])([2H])C([2H])([2H])C([2H])([2H])C([2H])([2H])[2H])c1)C([2H])([2H])C([2H])([2H])[2H]. The van der Waals surface area contributed by atoms with Crippen molar-refractivity contribution in [1.82, 2.24) is 0 Å². The van der Waals surface area contributed by atoms with Crippen LogP contribution in [0.3, 0.4) is 0 Å². The van der Waals surface area contributed by atoms with Gasteiger partial charge in [-0.25, -0.2) is 14.4 Å². The van der Waals surface area contributed by atoms with Crippen LogP contribution in [-0.2, 0) is 20.8 Å². The Morgan fingerprint density at radius 3 is 1.97 bits per heavy atom. The Kier molecular flexibility index (Phi) is 3.74. The number of carbonyl (C=O) groups is 3. The van der Waals surface area contributed by atoms with Gasteiger partial charge in [0.2, 0.25) is 0 Å². The number of esters is 3. The van der Waals surface area contributed by atoms with Crippen LogP contribution < -0.4 is 0 Å². The number of hydrogen-bond donors (Lipinski definition) is 0. The molecule has 0 heterocycles. The zero-order chi connectivity index (χ0) is 57.5. The van der Waals surface area contributed by atoms with E-state index < -0.39 is 145 Å². The average molecular weight is 559 g/mol. The lowest BCUT2D eigenvalue weighted by Crippen LogP contribution is -2.19. The molecule has 2 rings (SSSR count). The summed E-state index contributed by atoms with van der Waals surface area (Å²) >= 11 is 0. The fourth-order valence-corrected chi connectivity index (χ4v) is 2.48. The summed E-state index contributed by atoms with van der Waals surface area (Å²) in [6.45, 7) is -28.0. The third-order valence-corrected chi connectivity index (χ3v) is 4.15. The molecule has 208 valence electrons. The van der Waals surface area contributed by atoms with Crippen LogP contribution in [0.2, 0.25) is 0 Å². The van der Waals surface area contributed by atoms with Gasteiger partial charge in [0.05, 0.1) is 35.3 Å². The van der Waals surface area contributed by atoms with Gasteiger partial charge in [-0.15, -0.1) is 0 Å². The summed E-state index contributed by atoms with van der Waals surface area (Å²) in [6, 6.07) is 7.99. The molecule has 0 bridgehead atoms. The molecule has 2 aromatic rings. The van der Waals surface area contributed by atoms with Gasteiger partial charge in [-0.05, 0) is 48.3 Å². The van der Waals surface area contributed by atoms with Gasteiger partial charge < -0.3 is 14.2 Å². The molecule has 0 spiro atoms. The van der Waals surface area contributed by atoms with Crippen LogP contribution in [0.5, 0.6) is 0 Å². The molecule has 6 heteroatoms. The van der Waals surface area contributed by atoms with Crippen molar-refractivity contribution in [1.29, 1.82) is 0 Å². The van der Waals surface area contributed by atoms with Gasteiger partial charge in [0.15, 0.2) is 0 Å². The van der Waals surface area contributed by atoms with Gasteiger partial charge in [0.1, 0.15) is 6.61 Å². The van der Waals surface area contributed by atoms with E-state index in [-0.39, 0.29) is 11.6 Å². The van der Waals surface area contributed by atoms with Crippen LogP contribution in [0, 0.1) is 11.8 Å². The van der Waals surface area contributed by atoms with Crippen molar-refractivity contribution in [3.05, 3.63) is 70.8 Å². The number of carbonyl (C=O) groups excluding carboxylic acids is 3. The molecule has 0 aliphatic carbocycles. The quantitative estimate of drug-likeness (QED) is 0.146. The van der Waals surface area contributed by atoms with Crippen molar-refractivity contribution in [2.45, 2.75) is 85.0 Å². The predicted molar refractivity (Wildman–Crippen MR) is 149 cm³/mol. The molecule has 38 heavy (non-hydrogen) atoms. The van der Waals surface area contributed by atoms with Crippen molar-refractivity contribution in [3.8, 4) is 0 Å². The van der Waals surface area contributed by atoms with Crippen molar-refractivity contribution in [2.24, 2.45) is 11.8 Å². The minimum Gasteiger partial charge on any atom is -0.462 e. The highest BCUT2D eigenvalue weighted by Crippen LogP contribution is 2.20. The van der Waals surface area contributed by atoms with E-state index in [9.17, 15) is 14.4 Å². The first kappa shape index (κ1) is 8.18. The van der Waals surface area contributed by atoms with Crippen LogP contribution in [0.15, 0.2) is 48.5 Å². The largest absolute Gasteiger partial charge is 0.462 e. The molecule has 0 saturated heterocycles. The average Bonchev–Trinajstić information content (AvgIpc) is 3.19. The third kappa shape index (κ3) is 10.3. The van der Waals surface area contributed by atoms with Gasteiger partial charge in [-0.1, -0.05) is 96.0 Å². The molecule has 0 radical (unpaired) electrons. The summed E-state index contributed by atoms with van der Waals surface area (Å²) in [5.41, 5.74) is -3.96. The van der Waals surface area contributed by atoms with Gasteiger partial charge >= 0.3 is 17.9 Å². The number of hydrogen-bond acceptors (Lipinski definition) is 6. The monoisotopic (exact) mass is 559 g/mol. The Hall–Kier alpha value is -3.15. The van der Waals surface area contributed by atoms with Gasteiger partial charge in [-0.3, -0.25) is 0 Å². The van der Waals surface area contributed by atoms with E-state index in [0.717, 1.165) is 0 Å². The third-order valence-electron chi connectivity index (χ3n) is 4.15. The van der Waals surface area contributed by atoms with Crippen LogP contribution >= 0.6 is 0 Å². The van der Waals surface area contributed by atoms with E-state index >= 15 is 0 Å². The Morgan fingerprint density at radius 2 is 1.37 bits per heavy atom. The molecule has 6 nitrogen and oxygen atoms in total. The van der Waals surface area contributed by atoms with Crippen LogP contribution in [0.25, 0.3) is 0 Å². The molecule has 0 saturated carbocycles. The normalized spacial score (nSPS) is 32.4. The van der Waals surface area contributed by atoms with E-state index in [1.807, 2.05) is 0 Å². The zero-order valence-corrected chi connectivity index (χ0v) is 19.3. The highest BCUT2D eigenvalue weighted by atomic mass is 16.5. The molecule has 0 aliphatic rings. The second kappa shape index (κ2) is 17.4. The zero-order valence-electron chi connectivity index (χ0n) is 53.3. The Bertz CT molecular complexity index is 2330. The van der Waals surface area contributed by atoms with Crippen molar-refractivity contribution < 1.29 is 75.2 Å². The topological polar surface area (TPSA) is 78.9 Å². The minimum atomic E-state index is -5.19. The Labute approximate surface area is 275 Å². The minimum absolute atomic E-state index is 0.0202. The fraction of sp³-hybridized carbons (Fsp3) is 0.531. The first-order valence-corrected chi connectivity index (χ1v) is 10.2. The van der Waals surface area contributed by atoms with E-state index in [1.165, 1.54) is 30.3 Å². The summed E-state index contributed by atoms with van der Waals surface area (Å²) < 4.78 is 289. The molecule has 2 aromatic carbocycles. The predicted octanol–water partition coefficient (Wildman–Crippen LogP) is 7.79. The molecule has 0 fully saturated rings. The molecular weight excluding hydrogens is 480 g/mol.